The van der Waals surface area contributed by atoms with Crippen molar-refractivity contribution >= 4 is 35.0 Å². The first-order valence-corrected chi connectivity index (χ1v) is 13.0. The number of aromatic nitrogens is 6. The summed E-state index contributed by atoms with van der Waals surface area (Å²) in [4.78, 5) is 17.8. The highest BCUT2D eigenvalue weighted by atomic mass is 35.5. The molecule has 2 aliphatic heterocycles. The van der Waals surface area contributed by atoms with Crippen molar-refractivity contribution in [3.63, 3.8) is 0 Å². The summed E-state index contributed by atoms with van der Waals surface area (Å²) in [5.41, 5.74) is 1.17. The Bertz CT molecular complexity index is 1490. The first-order chi connectivity index (χ1) is 19.4. The zero-order valence-corrected chi connectivity index (χ0v) is 22.3. The van der Waals surface area contributed by atoms with E-state index in [-0.39, 0.29) is 38.6 Å². The Hall–Kier alpha value is -3.62. The van der Waals surface area contributed by atoms with E-state index in [1.165, 1.54) is 40.4 Å². The van der Waals surface area contributed by atoms with Crippen LogP contribution < -0.4 is 4.90 Å². The second-order valence-electron chi connectivity index (χ2n) is 9.16. The van der Waals surface area contributed by atoms with Crippen LogP contribution in [0.25, 0.3) is 5.69 Å². The monoisotopic (exact) mass is 589 g/mol. The fourth-order valence-corrected chi connectivity index (χ4v) is 5.17. The van der Waals surface area contributed by atoms with Crippen molar-refractivity contribution in [3.8, 4) is 5.69 Å². The van der Waals surface area contributed by atoms with E-state index in [9.17, 15) is 9.18 Å². The molecule has 4 aromatic rings. The highest BCUT2D eigenvalue weighted by molar-refractivity contribution is 6.35. The summed E-state index contributed by atoms with van der Waals surface area (Å²) in [6, 6.07) is 9.46. The lowest BCUT2D eigenvalue weighted by Gasteiger charge is -2.29. The number of rotatable bonds is 9. The van der Waals surface area contributed by atoms with Gasteiger partial charge in [-0.05, 0) is 30.3 Å². The van der Waals surface area contributed by atoms with Gasteiger partial charge in [0.2, 0.25) is 5.79 Å². The van der Waals surface area contributed by atoms with Crippen molar-refractivity contribution in [3.05, 3.63) is 82.9 Å². The van der Waals surface area contributed by atoms with Gasteiger partial charge in [0.1, 0.15) is 37.1 Å². The van der Waals surface area contributed by atoms with Crippen LogP contribution in [0.1, 0.15) is 5.56 Å². The summed E-state index contributed by atoms with van der Waals surface area (Å²) >= 11 is 12.6. The average molecular weight is 590 g/mol. The van der Waals surface area contributed by atoms with E-state index < -0.39 is 29.9 Å². The SMILES string of the molecule is O=C1OC(COCC2COC(Cn3cncn3)(c3ccc(Cl)cc3Cl)O2)CN1c1ccc(-n2ccnn2)c(F)c1. The Morgan fingerprint density at radius 3 is 2.77 bits per heavy atom. The van der Waals surface area contributed by atoms with Gasteiger partial charge in [-0.2, -0.15) is 5.10 Å². The molecule has 15 heteroatoms. The van der Waals surface area contributed by atoms with Gasteiger partial charge in [0, 0.05) is 10.6 Å². The molecular weight excluding hydrogens is 568 g/mol. The number of amides is 1. The number of cyclic esters (lactones) is 1. The summed E-state index contributed by atoms with van der Waals surface area (Å²) in [5.74, 6) is -1.79. The van der Waals surface area contributed by atoms with Crippen molar-refractivity contribution in [2.75, 3.05) is 31.3 Å². The summed E-state index contributed by atoms with van der Waals surface area (Å²) in [6.45, 7) is 0.895. The number of anilines is 1. The molecule has 2 aliphatic rings. The van der Waals surface area contributed by atoms with Gasteiger partial charge >= 0.3 is 6.09 Å². The van der Waals surface area contributed by atoms with Crippen molar-refractivity contribution in [1.82, 2.24) is 29.8 Å². The predicted molar refractivity (Wildman–Crippen MR) is 139 cm³/mol. The Kier molecular flexibility index (Phi) is 7.38. The van der Waals surface area contributed by atoms with Gasteiger partial charge in [-0.1, -0.05) is 34.5 Å². The predicted octanol–water partition coefficient (Wildman–Crippen LogP) is 3.62. The largest absolute Gasteiger partial charge is 0.441 e. The first kappa shape index (κ1) is 26.6. The van der Waals surface area contributed by atoms with Gasteiger partial charge in [-0.25, -0.2) is 23.5 Å². The second kappa shape index (κ2) is 11.1. The molecule has 208 valence electrons. The third-order valence-electron chi connectivity index (χ3n) is 6.43. The van der Waals surface area contributed by atoms with E-state index in [0.717, 1.165) is 0 Å². The molecule has 0 saturated carbocycles. The van der Waals surface area contributed by atoms with Crippen LogP contribution in [0, 0.1) is 5.82 Å². The number of hydrogen-bond acceptors (Lipinski definition) is 9. The second-order valence-corrected chi connectivity index (χ2v) is 10.0. The molecule has 0 spiro atoms. The normalized spacial score (nSPS) is 22.7. The molecule has 2 aromatic heterocycles. The molecule has 0 aliphatic carbocycles. The number of benzene rings is 2. The van der Waals surface area contributed by atoms with Crippen molar-refractivity contribution in [1.29, 1.82) is 0 Å². The topological polar surface area (TPSA) is 119 Å². The van der Waals surface area contributed by atoms with Crippen LogP contribution in [0.4, 0.5) is 14.9 Å². The molecule has 6 rings (SSSR count). The fraction of sp³-hybridized carbons (Fsp3) is 0.320. The molecule has 2 fully saturated rings. The Labute approximate surface area is 237 Å². The van der Waals surface area contributed by atoms with E-state index in [4.69, 9.17) is 42.1 Å². The number of ether oxygens (including phenoxy) is 4. The van der Waals surface area contributed by atoms with Crippen LogP contribution in [0.5, 0.6) is 0 Å². The molecule has 3 unspecified atom stereocenters. The van der Waals surface area contributed by atoms with Crippen LogP contribution in [0.3, 0.4) is 0 Å². The first-order valence-electron chi connectivity index (χ1n) is 12.2. The van der Waals surface area contributed by atoms with Crippen molar-refractivity contribution < 1.29 is 28.1 Å². The maximum absolute atomic E-state index is 14.7. The van der Waals surface area contributed by atoms with E-state index in [0.29, 0.717) is 21.3 Å². The van der Waals surface area contributed by atoms with Gasteiger partial charge in [0.15, 0.2) is 5.82 Å². The van der Waals surface area contributed by atoms with E-state index in [1.54, 1.807) is 35.3 Å². The zero-order chi connectivity index (χ0) is 27.7. The molecule has 12 nitrogen and oxygen atoms in total. The minimum atomic E-state index is -1.23. The minimum absolute atomic E-state index is 0.111. The van der Waals surface area contributed by atoms with Crippen LogP contribution in [0.15, 0.2) is 61.4 Å². The average Bonchev–Trinajstić information content (AvgIpc) is 3.73. The van der Waals surface area contributed by atoms with Crippen LogP contribution in [-0.2, 0) is 31.3 Å². The standard InChI is InChI=1S/C25H22Cl2FN7O5/c26-16-1-3-20(21(27)7-16)25(13-33-15-29-14-31-33)38-12-19(40-25)11-37-10-18-9-34(24(36)39-18)17-2-4-23(22(28)8-17)35-6-5-30-32-35/h1-8,14-15,18-19H,9-13H2. The summed E-state index contributed by atoms with van der Waals surface area (Å²) in [7, 11) is 0. The molecule has 2 aromatic carbocycles. The summed E-state index contributed by atoms with van der Waals surface area (Å²) in [5, 5.41) is 12.5. The Balaban J connectivity index is 1.07. The smallest absolute Gasteiger partial charge is 0.414 e. The lowest BCUT2D eigenvalue weighted by molar-refractivity contribution is -0.193. The molecule has 0 bridgehead atoms. The van der Waals surface area contributed by atoms with Gasteiger partial charge in [-0.15, -0.1) is 5.10 Å². The third-order valence-corrected chi connectivity index (χ3v) is 6.98. The van der Waals surface area contributed by atoms with Gasteiger partial charge in [0.05, 0.1) is 49.5 Å². The number of halogens is 3. The number of nitrogens with zero attached hydrogens (tertiary/aromatic N) is 7. The quantitative estimate of drug-likeness (QED) is 0.288. The number of carbonyl (C=O) groups is 1. The number of hydrogen-bond donors (Lipinski definition) is 0. The third kappa shape index (κ3) is 5.38. The highest BCUT2D eigenvalue weighted by Gasteiger charge is 2.45. The maximum Gasteiger partial charge on any atom is 0.414 e. The molecule has 40 heavy (non-hydrogen) atoms. The molecule has 4 heterocycles. The maximum atomic E-state index is 14.7. The van der Waals surface area contributed by atoms with Crippen LogP contribution >= 0.6 is 23.2 Å². The fourth-order valence-electron chi connectivity index (χ4n) is 4.62. The van der Waals surface area contributed by atoms with Crippen LogP contribution in [-0.4, -0.2) is 74.4 Å². The Morgan fingerprint density at radius 2 is 2.02 bits per heavy atom. The van der Waals surface area contributed by atoms with E-state index >= 15 is 0 Å². The molecular formula is C25H22Cl2FN7O5. The molecule has 3 atom stereocenters. The summed E-state index contributed by atoms with van der Waals surface area (Å²) in [6.07, 6.45) is 4.35. The van der Waals surface area contributed by atoms with Gasteiger partial charge in [-0.3, -0.25) is 4.90 Å². The molecule has 2 saturated heterocycles. The van der Waals surface area contributed by atoms with Crippen LogP contribution in [0.2, 0.25) is 10.0 Å². The highest BCUT2D eigenvalue weighted by Crippen LogP contribution is 2.40. The van der Waals surface area contributed by atoms with Gasteiger partial charge in [0.25, 0.3) is 0 Å². The van der Waals surface area contributed by atoms with Crippen molar-refractivity contribution in [2.24, 2.45) is 0 Å². The van der Waals surface area contributed by atoms with Gasteiger partial charge < -0.3 is 18.9 Å². The minimum Gasteiger partial charge on any atom is -0.441 e. The lowest BCUT2D eigenvalue weighted by atomic mass is 10.1. The summed E-state index contributed by atoms with van der Waals surface area (Å²) < 4.78 is 41.3. The van der Waals surface area contributed by atoms with E-state index in [1.807, 2.05) is 0 Å². The molecule has 0 N–H and O–H groups in total. The Morgan fingerprint density at radius 1 is 1.15 bits per heavy atom. The number of carbonyl (C=O) groups excluding carboxylic acids is 1. The van der Waals surface area contributed by atoms with E-state index in [2.05, 4.69) is 20.4 Å². The zero-order valence-electron chi connectivity index (χ0n) is 20.8. The molecule has 0 radical (unpaired) electrons. The molecule has 1 amide bonds. The lowest BCUT2D eigenvalue weighted by Crippen LogP contribution is -2.35. The van der Waals surface area contributed by atoms with Crippen molar-refractivity contribution in [2.45, 2.75) is 24.5 Å².